The summed E-state index contributed by atoms with van der Waals surface area (Å²) in [5.41, 5.74) is 0.0794. The van der Waals surface area contributed by atoms with Gasteiger partial charge in [0.2, 0.25) is 10.0 Å². The fourth-order valence-corrected chi connectivity index (χ4v) is 3.01. The van der Waals surface area contributed by atoms with Gasteiger partial charge >= 0.3 is 0 Å². The minimum absolute atomic E-state index is 0.0247. The fourth-order valence-electron chi connectivity index (χ4n) is 1.78. The largest absolute Gasteiger partial charge is 0.383 e. The van der Waals surface area contributed by atoms with Crippen LogP contribution in [0.5, 0.6) is 0 Å². The van der Waals surface area contributed by atoms with E-state index in [0.29, 0.717) is 6.54 Å². The Bertz CT molecular complexity index is 638. The first kappa shape index (κ1) is 14.7. The monoisotopic (exact) mass is 299 g/mol. The van der Waals surface area contributed by atoms with Crippen LogP contribution in [0.3, 0.4) is 0 Å². The molecule has 0 unspecified atom stereocenters. The van der Waals surface area contributed by atoms with Crippen LogP contribution in [0.4, 0.5) is 11.4 Å². The summed E-state index contributed by atoms with van der Waals surface area (Å²) in [7, 11) is -2.13. The molecular weight excluding hydrogens is 282 g/mol. The van der Waals surface area contributed by atoms with Gasteiger partial charge in [0.1, 0.15) is 5.69 Å². The van der Waals surface area contributed by atoms with E-state index in [0.717, 1.165) is 12.8 Å². The minimum Gasteiger partial charge on any atom is -0.383 e. The van der Waals surface area contributed by atoms with Gasteiger partial charge in [-0.2, -0.15) is 0 Å². The van der Waals surface area contributed by atoms with Crippen molar-refractivity contribution < 1.29 is 13.3 Å². The van der Waals surface area contributed by atoms with Gasteiger partial charge in [-0.15, -0.1) is 0 Å². The first-order chi connectivity index (χ1) is 9.27. The molecule has 1 aliphatic rings. The molecule has 0 atom stereocenters. The van der Waals surface area contributed by atoms with E-state index in [4.69, 9.17) is 0 Å². The zero-order chi connectivity index (χ0) is 15.0. The molecule has 1 saturated carbocycles. The van der Waals surface area contributed by atoms with Crippen LogP contribution in [0.25, 0.3) is 0 Å². The van der Waals surface area contributed by atoms with Crippen LogP contribution >= 0.6 is 0 Å². The van der Waals surface area contributed by atoms with Crippen molar-refractivity contribution in [3.05, 3.63) is 28.3 Å². The topological polar surface area (TPSA) is 101 Å². The Labute approximate surface area is 117 Å². The lowest BCUT2D eigenvalue weighted by Gasteiger charge is -2.11. The molecule has 7 nitrogen and oxygen atoms in total. The maximum atomic E-state index is 12.1. The standard InChI is InChI=1S/C12H17N3O4S/c1-12(5-6-12)8-14-20(18,19)9-3-4-11(15(16)17)10(7-9)13-2/h3-4,7,13-14H,5-6,8H2,1-2H3. The summed E-state index contributed by atoms with van der Waals surface area (Å²) < 4.78 is 26.8. The molecule has 110 valence electrons. The van der Waals surface area contributed by atoms with Crippen molar-refractivity contribution in [2.45, 2.75) is 24.7 Å². The number of nitrogens with one attached hydrogen (secondary N) is 2. The van der Waals surface area contributed by atoms with E-state index in [2.05, 4.69) is 10.0 Å². The molecule has 0 spiro atoms. The SMILES string of the molecule is CNc1cc(S(=O)(=O)NCC2(C)CC2)ccc1[N+](=O)[O-]. The molecule has 0 saturated heterocycles. The molecular formula is C12H17N3O4S. The first-order valence-corrected chi connectivity index (χ1v) is 7.72. The van der Waals surface area contributed by atoms with E-state index >= 15 is 0 Å². The smallest absolute Gasteiger partial charge is 0.292 e. The fraction of sp³-hybridized carbons (Fsp3) is 0.500. The number of hydrogen-bond donors (Lipinski definition) is 2. The molecule has 0 radical (unpaired) electrons. The van der Waals surface area contributed by atoms with Crippen LogP contribution in [-0.4, -0.2) is 26.9 Å². The van der Waals surface area contributed by atoms with Crippen molar-refractivity contribution in [3.8, 4) is 0 Å². The summed E-state index contributed by atoms with van der Waals surface area (Å²) >= 11 is 0. The van der Waals surface area contributed by atoms with E-state index in [9.17, 15) is 18.5 Å². The maximum absolute atomic E-state index is 12.1. The Morgan fingerprint density at radius 1 is 1.40 bits per heavy atom. The van der Waals surface area contributed by atoms with Crippen molar-refractivity contribution in [3.63, 3.8) is 0 Å². The zero-order valence-corrected chi connectivity index (χ0v) is 12.2. The highest BCUT2D eigenvalue weighted by Crippen LogP contribution is 2.44. The van der Waals surface area contributed by atoms with Crippen LogP contribution < -0.4 is 10.0 Å². The van der Waals surface area contributed by atoms with E-state index in [1.807, 2.05) is 6.92 Å². The Kier molecular flexibility index (Phi) is 3.70. The number of rotatable bonds is 6. The second kappa shape index (κ2) is 5.02. The molecule has 20 heavy (non-hydrogen) atoms. The molecule has 2 rings (SSSR count). The van der Waals surface area contributed by atoms with Crippen molar-refractivity contribution in [2.24, 2.45) is 5.41 Å². The first-order valence-electron chi connectivity index (χ1n) is 6.23. The highest BCUT2D eigenvalue weighted by atomic mass is 32.2. The maximum Gasteiger partial charge on any atom is 0.292 e. The number of anilines is 1. The lowest BCUT2D eigenvalue weighted by atomic mass is 10.2. The van der Waals surface area contributed by atoms with E-state index in [1.165, 1.54) is 25.2 Å². The molecule has 0 amide bonds. The molecule has 1 aliphatic carbocycles. The highest BCUT2D eigenvalue weighted by molar-refractivity contribution is 7.89. The molecule has 1 aromatic carbocycles. The van der Waals surface area contributed by atoms with Crippen molar-refractivity contribution in [2.75, 3.05) is 18.9 Å². The van der Waals surface area contributed by atoms with Crippen LogP contribution in [0.2, 0.25) is 0 Å². The van der Waals surface area contributed by atoms with Gasteiger partial charge in [-0.25, -0.2) is 13.1 Å². The van der Waals surface area contributed by atoms with Gasteiger partial charge < -0.3 is 5.32 Å². The van der Waals surface area contributed by atoms with Crippen molar-refractivity contribution >= 4 is 21.4 Å². The summed E-state index contributed by atoms with van der Waals surface area (Å²) in [6.45, 7) is 2.41. The summed E-state index contributed by atoms with van der Waals surface area (Å²) in [4.78, 5) is 10.3. The van der Waals surface area contributed by atoms with Crippen LogP contribution in [0.1, 0.15) is 19.8 Å². The molecule has 0 aromatic heterocycles. The number of benzene rings is 1. The van der Waals surface area contributed by atoms with Gasteiger partial charge in [-0.3, -0.25) is 10.1 Å². The number of nitro groups is 1. The zero-order valence-electron chi connectivity index (χ0n) is 11.3. The Hall–Kier alpha value is -1.67. The normalized spacial score (nSPS) is 16.7. The molecule has 1 aromatic rings. The van der Waals surface area contributed by atoms with E-state index in [1.54, 1.807) is 0 Å². The average molecular weight is 299 g/mol. The molecule has 0 heterocycles. The molecule has 2 N–H and O–H groups in total. The summed E-state index contributed by atoms with van der Waals surface area (Å²) in [5.74, 6) is 0. The number of sulfonamides is 1. The Balaban J connectivity index is 2.25. The van der Waals surface area contributed by atoms with Crippen LogP contribution in [0.15, 0.2) is 23.1 Å². The van der Waals surface area contributed by atoms with Crippen LogP contribution in [-0.2, 0) is 10.0 Å². The van der Waals surface area contributed by atoms with Gasteiger partial charge in [0.15, 0.2) is 0 Å². The predicted octanol–water partition coefficient (Wildman–Crippen LogP) is 1.71. The molecule has 0 aliphatic heterocycles. The van der Waals surface area contributed by atoms with E-state index in [-0.39, 0.29) is 21.7 Å². The number of nitro benzene ring substituents is 1. The summed E-state index contributed by atoms with van der Waals surface area (Å²) in [6, 6.07) is 3.71. The van der Waals surface area contributed by atoms with Gasteiger partial charge in [-0.05, 0) is 30.4 Å². The predicted molar refractivity (Wildman–Crippen MR) is 75.2 cm³/mol. The molecule has 8 heteroatoms. The number of hydrogen-bond acceptors (Lipinski definition) is 5. The summed E-state index contributed by atoms with van der Waals surface area (Å²) in [5, 5.41) is 13.4. The minimum atomic E-state index is -3.64. The molecule has 1 fully saturated rings. The highest BCUT2D eigenvalue weighted by Gasteiger charge is 2.38. The van der Waals surface area contributed by atoms with Gasteiger partial charge in [0.05, 0.1) is 9.82 Å². The van der Waals surface area contributed by atoms with Gasteiger partial charge in [0, 0.05) is 19.7 Å². The summed E-state index contributed by atoms with van der Waals surface area (Å²) in [6.07, 6.45) is 2.02. The van der Waals surface area contributed by atoms with Crippen molar-refractivity contribution in [1.82, 2.24) is 4.72 Å². The Morgan fingerprint density at radius 3 is 2.55 bits per heavy atom. The second-order valence-electron chi connectivity index (χ2n) is 5.32. The van der Waals surface area contributed by atoms with Gasteiger partial charge in [0.25, 0.3) is 5.69 Å². The lowest BCUT2D eigenvalue weighted by molar-refractivity contribution is -0.384. The molecule has 0 bridgehead atoms. The van der Waals surface area contributed by atoms with E-state index < -0.39 is 14.9 Å². The third-order valence-corrected chi connectivity index (χ3v) is 4.94. The third kappa shape index (κ3) is 3.07. The number of nitrogens with zero attached hydrogens (tertiary/aromatic N) is 1. The average Bonchev–Trinajstić information content (AvgIpc) is 3.14. The Morgan fingerprint density at radius 2 is 2.05 bits per heavy atom. The lowest BCUT2D eigenvalue weighted by Crippen LogP contribution is -2.29. The van der Waals surface area contributed by atoms with Crippen molar-refractivity contribution in [1.29, 1.82) is 0 Å². The van der Waals surface area contributed by atoms with Crippen LogP contribution in [0, 0.1) is 15.5 Å². The third-order valence-electron chi connectivity index (χ3n) is 3.54. The quantitative estimate of drug-likeness (QED) is 0.615. The second-order valence-corrected chi connectivity index (χ2v) is 7.09. The van der Waals surface area contributed by atoms with Gasteiger partial charge in [-0.1, -0.05) is 6.92 Å².